The molecule has 0 aromatic rings. The number of unbranched alkanes of at least 4 members (excludes halogenated alkanes) is 1. The highest BCUT2D eigenvalue weighted by Gasteiger charge is 2.53. The van der Waals surface area contributed by atoms with E-state index in [2.05, 4.69) is 17.6 Å². The van der Waals surface area contributed by atoms with Crippen LogP contribution in [-0.4, -0.2) is 17.5 Å². The minimum Gasteiger partial charge on any atom is -0.323 e. The highest BCUT2D eigenvalue weighted by atomic mass is 16.2. The van der Waals surface area contributed by atoms with Crippen LogP contribution in [0, 0.1) is 5.92 Å². The average Bonchev–Trinajstić information content (AvgIpc) is 2.70. The summed E-state index contributed by atoms with van der Waals surface area (Å²) in [7, 11) is 0. The van der Waals surface area contributed by atoms with Crippen LogP contribution >= 0.6 is 0 Å². The highest BCUT2D eigenvalue weighted by molar-refractivity contribution is 6.07. The second kappa shape index (κ2) is 3.83. The molecule has 2 atom stereocenters. The Morgan fingerprint density at radius 2 is 2.27 bits per heavy atom. The minimum atomic E-state index is -0.563. The molecular formula is C11H18N2O2. The lowest BCUT2D eigenvalue weighted by Gasteiger charge is -2.27. The van der Waals surface area contributed by atoms with E-state index in [4.69, 9.17) is 0 Å². The van der Waals surface area contributed by atoms with Crippen LogP contribution in [-0.2, 0) is 4.79 Å². The Bertz CT molecular complexity index is 290. The lowest BCUT2D eigenvalue weighted by molar-refractivity contribution is -0.125. The second-order valence-corrected chi connectivity index (χ2v) is 4.61. The van der Waals surface area contributed by atoms with Crippen molar-refractivity contribution in [2.24, 2.45) is 5.92 Å². The predicted molar refractivity (Wildman–Crippen MR) is 56.3 cm³/mol. The monoisotopic (exact) mass is 210 g/mol. The van der Waals surface area contributed by atoms with Crippen molar-refractivity contribution in [2.75, 3.05) is 0 Å². The molecule has 0 unspecified atom stereocenters. The summed E-state index contributed by atoms with van der Waals surface area (Å²) in [6.45, 7) is 2.15. The zero-order chi connectivity index (χ0) is 10.9. The number of imide groups is 1. The first-order valence-corrected chi connectivity index (χ1v) is 5.82. The van der Waals surface area contributed by atoms with Gasteiger partial charge in [0.1, 0.15) is 5.54 Å². The number of carbonyl (C=O) groups excluding carboxylic acids is 2. The van der Waals surface area contributed by atoms with Gasteiger partial charge in [0.25, 0.3) is 5.91 Å². The van der Waals surface area contributed by atoms with Crippen LogP contribution in [0.3, 0.4) is 0 Å². The molecule has 1 saturated carbocycles. The van der Waals surface area contributed by atoms with Crippen LogP contribution in [0.25, 0.3) is 0 Å². The van der Waals surface area contributed by atoms with E-state index in [0.717, 1.165) is 38.5 Å². The van der Waals surface area contributed by atoms with Gasteiger partial charge in [-0.25, -0.2) is 4.79 Å². The maximum Gasteiger partial charge on any atom is 0.322 e. The van der Waals surface area contributed by atoms with E-state index in [1.165, 1.54) is 0 Å². The fourth-order valence-corrected chi connectivity index (χ4v) is 2.89. The molecule has 2 aliphatic rings. The molecule has 4 nitrogen and oxygen atoms in total. The van der Waals surface area contributed by atoms with Crippen molar-refractivity contribution >= 4 is 11.9 Å². The Kier molecular flexibility index (Phi) is 2.67. The van der Waals surface area contributed by atoms with Crippen molar-refractivity contribution in [2.45, 2.75) is 51.0 Å². The smallest absolute Gasteiger partial charge is 0.322 e. The molecule has 3 amide bonds. The molecule has 2 rings (SSSR count). The summed E-state index contributed by atoms with van der Waals surface area (Å²) in [5.41, 5.74) is -0.563. The third kappa shape index (κ3) is 1.62. The molecule has 2 N–H and O–H groups in total. The molecule has 1 saturated heterocycles. The first-order chi connectivity index (χ1) is 7.19. The topological polar surface area (TPSA) is 58.2 Å². The van der Waals surface area contributed by atoms with Crippen molar-refractivity contribution in [3.8, 4) is 0 Å². The van der Waals surface area contributed by atoms with E-state index in [9.17, 15) is 9.59 Å². The van der Waals surface area contributed by atoms with Crippen molar-refractivity contribution < 1.29 is 9.59 Å². The molecule has 1 aliphatic carbocycles. The maximum atomic E-state index is 11.8. The standard InChI is InChI=1S/C11H18N2O2/c1-2-3-5-8-6-4-7-11(8)9(14)12-10(15)13-11/h8H,2-7H2,1H3,(H2,12,13,14,15)/t8-,11-/m1/s1. The number of hydrogen-bond acceptors (Lipinski definition) is 2. The summed E-state index contributed by atoms with van der Waals surface area (Å²) in [6.07, 6.45) is 6.23. The third-order valence-corrected chi connectivity index (χ3v) is 3.70. The Labute approximate surface area is 89.8 Å². The van der Waals surface area contributed by atoms with Gasteiger partial charge in [-0.1, -0.05) is 26.2 Å². The number of nitrogens with one attached hydrogen (secondary N) is 2. The molecule has 2 fully saturated rings. The van der Waals surface area contributed by atoms with Crippen LogP contribution in [0.4, 0.5) is 4.79 Å². The van der Waals surface area contributed by atoms with Crippen molar-refractivity contribution in [3.05, 3.63) is 0 Å². The first-order valence-electron chi connectivity index (χ1n) is 5.82. The van der Waals surface area contributed by atoms with Crippen LogP contribution in [0.2, 0.25) is 0 Å². The van der Waals surface area contributed by atoms with E-state index in [0.29, 0.717) is 5.92 Å². The van der Waals surface area contributed by atoms with Gasteiger partial charge in [0.05, 0.1) is 0 Å². The summed E-state index contributed by atoms with van der Waals surface area (Å²) in [6, 6.07) is -0.316. The van der Waals surface area contributed by atoms with Crippen LogP contribution in [0.15, 0.2) is 0 Å². The van der Waals surface area contributed by atoms with Gasteiger partial charge in [-0.3, -0.25) is 10.1 Å². The third-order valence-electron chi connectivity index (χ3n) is 3.70. The maximum absolute atomic E-state index is 11.8. The van der Waals surface area contributed by atoms with Gasteiger partial charge < -0.3 is 5.32 Å². The molecule has 4 heteroatoms. The zero-order valence-electron chi connectivity index (χ0n) is 9.14. The van der Waals surface area contributed by atoms with E-state index in [-0.39, 0.29) is 11.9 Å². The van der Waals surface area contributed by atoms with Crippen LogP contribution < -0.4 is 10.6 Å². The average molecular weight is 210 g/mol. The summed E-state index contributed by atoms with van der Waals surface area (Å²) in [4.78, 5) is 23.0. The SMILES string of the molecule is CCCC[C@@H]1CCC[C@@]12NC(=O)NC2=O. The zero-order valence-corrected chi connectivity index (χ0v) is 9.14. The first kappa shape index (κ1) is 10.5. The lowest BCUT2D eigenvalue weighted by atomic mass is 9.83. The molecule has 1 spiro atoms. The molecule has 1 heterocycles. The summed E-state index contributed by atoms with van der Waals surface area (Å²) in [5, 5.41) is 5.21. The van der Waals surface area contributed by atoms with Gasteiger partial charge in [0.2, 0.25) is 0 Å². The van der Waals surface area contributed by atoms with Crippen molar-refractivity contribution in [1.82, 2.24) is 10.6 Å². The van der Waals surface area contributed by atoms with Crippen LogP contribution in [0.5, 0.6) is 0 Å². The van der Waals surface area contributed by atoms with Gasteiger partial charge in [-0.2, -0.15) is 0 Å². The summed E-state index contributed by atoms with van der Waals surface area (Å²) >= 11 is 0. The van der Waals surface area contributed by atoms with Gasteiger partial charge in [-0.15, -0.1) is 0 Å². The molecule has 0 bridgehead atoms. The molecule has 1 aliphatic heterocycles. The largest absolute Gasteiger partial charge is 0.323 e. The lowest BCUT2D eigenvalue weighted by Crippen LogP contribution is -2.49. The molecule has 15 heavy (non-hydrogen) atoms. The number of hydrogen-bond donors (Lipinski definition) is 2. The normalized spacial score (nSPS) is 34.6. The Hall–Kier alpha value is -1.06. The number of amides is 3. The number of carbonyl (C=O) groups is 2. The molecule has 84 valence electrons. The van der Waals surface area contributed by atoms with Gasteiger partial charge in [0.15, 0.2) is 0 Å². The fourth-order valence-electron chi connectivity index (χ4n) is 2.89. The minimum absolute atomic E-state index is 0.105. The van der Waals surface area contributed by atoms with E-state index in [1.54, 1.807) is 0 Å². The highest BCUT2D eigenvalue weighted by Crippen LogP contribution is 2.40. The summed E-state index contributed by atoms with van der Waals surface area (Å²) < 4.78 is 0. The van der Waals surface area contributed by atoms with Crippen molar-refractivity contribution in [3.63, 3.8) is 0 Å². The van der Waals surface area contributed by atoms with Crippen molar-refractivity contribution in [1.29, 1.82) is 0 Å². The molecule has 0 aromatic heterocycles. The molecule has 0 radical (unpaired) electrons. The van der Waals surface area contributed by atoms with E-state index < -0.39 is 5.54 Å². The Morgan fingerprint density at radius 3 is 2.87 bits per heavy atom. The molecule has 0 aromatic carbocycles. The molecular weight excluding hydrogens is 192 g/mol. The Morgan fingerprint density at radius 1 is 1.47 bits per heavy atom. The van der Waals surface area contributed by atoms with E-state index >= 15 is 0 Å². The number of urea groups is 1. The Balaban J connectivity index is 2.11. The van der Waals surface area contributed by atoms with Gasteiger partial charge >= 0.3 is 6.03 Å². The summed E-state index contributed by atoms with van der Waals surface area (Å²) in [5.74, 6) is 0.231. The quantitative estimate of drug-likeness (QED) is 0.694. The van der Waals surface area contributed by atoms with Gasteiger partial charge in [0, 0.05) is 0 Å². The fraction of sp³-hybridized carbons (Fsp3) is 0.818. The predicted octanol–water partition coefficient (Wildman–Crippen LogP) is 1.55. The van der Waals surface area contributed by atoms with Gasteiger partial charge in [-0.05, 0) is 25.2 Å². The van der Waals surface area contributed by atoms with E-state index in [1.807, 2.05) is 0 Å². The second-order valence-electron chi connectivity index (χ2n) is 4.61. The number of rotatable bonds is 3. The van der Waals surface area contributed by atoms with Crippen LogP contribution in [0.1, 0.15) is 45.4 Å².